The second kappa shape index (κ2) is 44.0. The number of hydrogen-bond acceptors (Lipinski definition) is 5. The first-order valence-electron chi connectivity index (χ1n) is 23.2. The van der Waals surface area contributed by atoms with Crippen LogP contribution in [0.1, 0.15) is 252 Å². The van der Waals surface area contributed by atoms with E-state index in [-0.39, 0.29) is 18.5 Å². The summed E-state index contributed by atoms with van der Waals surface area (Å²) < 4.78 is 17.3. The molecule has 0 amide bonds. The van der Waals surface area contributed by atoms with Crippen LogP contribution < -0.4 is 0 Å². The predicted octanol–water partition coefficient (Wildman–Crippen LogP) is 15.1. The van der Waals surface area contributed by atoms with E-state index >= 15 is 0 Å². The Balaban J connectivity index is 4.15. The average molecular weight is 735 g/mol. The van der Waals surface area contributed by atoms with E-state index in [1.807, 2.05) is 0 Å². The van der Waals surface area contributed by atoms with Gasteiger partial charge in [-0.2, -0.15) is 0 Å². The first-order valence-corrected chi connectivity index (χ1v) is 23.2. The molecule has 0 aromatic rings. The van der Waals surface area contributed by atoms with E-state index in [0.717, 1.165) is 44.9 Å². The van der Waals surface area contributed by atoms with Crippen LogP contribution >= 0.6 is 0 Å². The van der Waals surface area contributed by atoms with Crippen molar-refractivity contribution in [1.29, 1.82) is 0 Å². The van der Waals surface area contributed by atoms with E-state index in [1.165, 1.54) is 173 Å². The zero-order valence-electron chi connectivity index (χ0n) is 35.4. The monoisotopic (exact) mass is 735 g/mol. The summed E-state index contributed by atoms with van der Waals surface area (Å²) in [6.45, 7) is 7.81. The van der Waals surface area contributed by atoms with E-state index in [1.54, 1.807) is 0 Å². The van der Waals surface area contributed by atoms with Gasteiger partial charge >= 0.3 is 11.9 Å². The molecule has 0 radical (unpaired) electrons. The summed E-state index contributed by atoms with van der Waals surface area (Å²) in [5.41, 5.74) is 0. The summed E-state index contributed by atoms with van der Waals surface area (Å²) in [5.74, 6) is -0.396. The van der Waals surface area contributed by atoms with Gasteiger partial charge in [0, 0.05) is 19.4 Å². The molecule has 0 aliphatic rings. The lowest BCUT2D eigenvalue weighted by Crippen LogP contribution is -2.30. The van der Waals surface area contributed by atoms with Gasteiger partial charge in [0.05, 0.1) is 6.61 Å². The highest BCUT2D eigenvalue weighted by Crippen LogP contribution is 2.15. The Hall–Kier alpha value is -1.36. The Bertz CT molecular complexity index is 750. The van der Waals surface area contributed by atoms with Crippen LogP contribution in [0.25, 0.3) is 0 Å². The van der Waals surface area contributed by atoms with E-state index in [9.17, 15) is 9.59 Å². The maximum absolute atomic E-state index is 12.7. The Morgan fingerprint density at radius 1 is 0.404 bits per heavy atom. The Labute approximate surface area is 325 Å². The van der Waals surface area contributed by atoms with Gasteiger partial charge in [-0.25, -0.2) is 0 Å². The van der Waals surface area contributed by atoms with Gasteiger partial charge < -0.3 is 14.2 Å². The molecule has 1 atom stereocenters. The molecule has 0 aliphatic carbocycles. The van der Waals surface area contributed by atoms with Gasteiger partial charge in [0.15, 0.2) is 6.10 Å². The summed E-state index contributed by atoms with van der Waals surface area (Å²) in [4.78, 5) is 25.1. The largest absolute Gasteiger partial charge is 0.462 e. The Kier molecular flexibility index (Phi) is 42.9. The lowest BCUT2D eigenvalue weighted by molar-refractivity contribution is -0.163. The molecule has 0 rings (SSSR count). The highest BCUT2D eigenvalue weighted by molar-refractivity contribution is 5.70. The quantitative estimate of drug-likeness (QED) is 0.0355. The number of carbonyl (C=O) groups is 2. The number of unbranched alkanes of at least 4 members (excludes halogenated alkanes) is 30. The Morgan fingerprint density at radius 3 is 1.23 bits per heavy atom. The van der Waals surface area contributed by atoms with Gasteiger partial charge in [-0.1, -0.05) is 213 Å². The minimum absolute atomic E-state index is 0.0889. The molecule has 0 aromatic heterocycles. The summed E-state index contributed by atoms with van der Waals surface area (Å²) in [5, 5.41) is 0. The van der Waals surface area contributed by atoms with Crippen LogP contribution in [0, 0.1) is 0 Å². The number of hydrogen-bond donors (Lipinski definition) is 0. The molecule has 0 saturated carbocycles. The van der Waals surface area contributed by atoms with Crippen molar-refractivity contribution in [2.24, 2.45) is 0 Å². The maximum atomic E-state index is 12.7. The summed E-state index contributed by atoms with van der Waals surface area (Å²) in [6, 6.07) is 0. The van der Waals surface area contributed by atoms with Crippen LogP contribution in [0.15, 0.2) is 12.2 Å². The number of allylic oxidation sites excluding steroid dienone is 2. The third kappa shape index (κ3) is 41.4. The zero-order chi connectivity index (χ0) is 37.8. The standard InChI is InChI=1S/C47H90O5/c1-4-7-10-13-16-19-21-22-23-24-25-27-30-33-36-39-42-50-43-45(52-47(49)41-38-35-32-28-18-15-12-9-6-3)44-51-46(48)40-37-34-31-29-26-20-17-14-11-8-5-2/h14,17,45H,4-13,15-16,18-44H2,1-3H3/b17-14-. The third-order valence-electron chi connectivity index (χ3n) is 10.3. The van der Waals surface area contributed by atoms with Crippen molar-refractivity contribution in [3.05, 3.63) is 12.2 Å². The second-order valence-corrected chi connectivity index (χ2v) is 15.7. The van der Waals surface area contributed by atoms with Crippen LogP contribution in [0.3, 0.4) is 0 Å². The van der Waals surface area contributed by atoms with Gasteiger partial charge in [0.25, 0.3) is 0 Å². The molecule has 0 bridgehead atoms. The lowest BCUT2D eigenvalue weighted by Gasteiger charge is -2.18. The predicted molar refractivity (Wildman–Crippen MR) is 224 cm³/mol. The fourth-order valence-corrected chi connectivity index (χ4v) is 6.79. The highest BCUT2D eigenvalue weighted by atomic mass is 16.6. The van der Waals surface area contributed by atoms with Crippen LogP contribution in [-0.4, -0.2) is 37.9 Å². The molecule has 308 valence electrons. The second-order valence-electron chi connectivity index (χ2n) is 15.7. The minimum Gasteiger partial charge on any atom is -0.462 e. The average Bonchev–Trinajstić information content (AvgIpc) is 3.14. The topological polar surface area (TPSA) is 61.8 Å². The molecule has 0 aliphatic heterocycles. The molecule has 1 unspecified atom stereocenters. The Morgan fingerprint density at radius 2 is 0.769 bits per heavy atom. The van der Waals surface area contributed by atoms with Crippen molar-refractivity contribution >= 4 is 11.9 Å². The zero-order valence-corrected chi connectivity index (χ0v) is 35.4. The fourth-order valence-electron chi connectivity index (χ4n) is 6.79. The van der Waals surface area contributed by atoms with Crippen LogP contribution in [0.4, 0.5) is 0 Å². The first-order chi connectivity index (χ1) is 25.6. The SMILES string of the molecule is CCCC/C=C\CCCCCCCC(=O)OCC(COCCCCCCCCCCCCCCCCCC)OC(=O)CCCCCCCCCCC. The first kappa shape index (κ1) is 50.6. The molecule has 52 heavy (non-hydrogen) atoms. The van der Waals surface area contributed by atoms with E-state index in [0.29, 0.717) is 26.1 Å². The van der Waals surface area contributed by atoms with Gasteiger partial charge in [0.1, 0.15) is 6.61 Å². The third-order valence-corrected chi connectivity index (χ3v) is 10.3. The summed E-state index contributed by atoms with van der Waals surface area (Å²) >= 11 is 0. The molecule has 0 N–H and O–H groups in total. The molecule has 0 aromatic carbocycles. The molecule has 0 fully saturated rings. The van der Waals surface area contributed by atoms with E-state index in [4.69, 9.17) is 14.2 Å². The minimum atomic E-state index is -0.526. The van der Waals surface area contributed by atoms with E-state index < -0.39 is 6.10 Å². The number of carbonyl (C=O) groups excluding carboxylic acids is 2. The number of ether oxygens (including phenoxy) is 3. The molecule has 0 spiro atoms. The van der Waals surface area contributed by atoms with Crippen molar-refractivity contribution in [3.63, 3.8) is 0 Å². The number of esters is 2. The van der Waals surface area contributed by atoms with Crippen LogP contribution in [0.2, 0.25) is 0 Å². The normalized spacial score (nSPS) is 12.1. The summed E-state index contributed by atoms with van der Waals surface area (Å²) in [6.07, 6.45) is 47.8. The smallest absolute Gasteiger partial charge is 0.306 e. The molecule has 5 heteroatoms. The van der Waals surface area contributed by atoms with Crippen molar-refractivity contribution in [2.75, 3.05) is 19.8 Å². The van der Waals surface area contributed by atoms with Crippen LogP contribution in [0.5, 0.6) is 0 Å². The fraction of sp³-hybridized carbons (Fsp3) is 0.915. The molecular formula is C47H90O5. The van der Waals surface area contributed by atoms with Crippen molar-refractivity contribution in [2.45, 2.75) is 258 Å². The molecule has 0 heterocycles. The van der Waals surface area contributed by atoms with Crippen molar-refractivity contribution in [3.8, 4) is 0 Å². The van der Waals surface area contributed by atoms with Gasteiger partial charge in [-0.05, 0) is 38.5 Å². The number of rotatable bonds is 43. The van der Waals surface area contributed by atoms with Crippen molar-refractivity contribution < 1.29 is 23.8 Å². The highest BCUT2D eigenvalue weighted by Gasteiger charge is 2.17. The summed E-state index contributed by atoms with van der Waals surface area (Å²) in [7, 11) is 0. The van der Waals surface area contributed by atoms with Crippen molar-refractivity contribution in [1.82, 2.24) is 0 Å². The van der Waals surface area contributed by atoms with Crippen LogP contribution in [-0.2, 0) is 23.8 Å². The molecule has 0 saturated heterocycles. The molecular weight excluding hydrogens is 645 g/mol. The van der Waals surface area contributed by atoms with Gasteiger partial charge in [-0.3, -0.25) is 9.59 Å². The van der Waals surface area contributed by atoms with E-state index in [2.05, 4.69) is 32.9 Å². The molecule has 5 nitrogen and oxygen atoms in total. The van der Waals surface area contributed by atoms with Gasteiger partial charge in [-0.15, -0.1) is 0 Å². The van der Waals surface area contributed by atoms with Gasteiger partial charge in [0.2, 0.25) is 0 Å². The lowest BCUT2D eigenvalue weighted by atomic mass is 10.0. The maximum Gasteiger partial charge on any atom is 0.306 e.